The summed E-state index contributed by atoms with van der Waals surface area (Å²) in [5, 5.41) is 0. The highest BCUT2D eigenvalue weighted by Crippen LogP contribution is 2.30. The van der Waals surface area contributed by atoms with E-state index in [0.717, 1.165) is 12.1 Å². The second kappa shape index (κ2) is 5.63. The molecule has 2 N–H and O–H groups in total. The molecule has 1 aromatic rings. The molecule has 2 nitrogen and oxygen atoms in total. The molecule has 108 valence electrons. The fourth-order valence-electron chi connectivity index (χ4n) is 1.32. The summed E-state index contributed by atoms with van der Waals surface area (Å²) in [5.41, 5.74) is 4.87. The first-order valence-electron chi connectivity index (χ1n) is 5.83. The van der Waals surface area contributed by atoms with Crippen LogP contribution in [0, 0.1) is 5.41 Å². The molecule has 0 aliphatic heterocycles. The quantitative estimate of drug-likeness (QED) is 0.930. The number of alkyl halides is 3. The summed E-state index contributed by atoms with van der Waals surface area (Å²) in [7, 11) is -1.53. The van der Waals surface area contributed by atoms with Gasteiger partial charge in [0.1, 0.15) is 0 Å². The Balaban J connectivity index is 2.90. The van der Waals surface area contributed by atoms with Crippen LogP contribution in [0.5, 0.6) is 0 Å². The Labute approximate surface area is 113 Å². The smallest absolute Gasteiger partial charge is 0.326 e. The number of halogens is 3. The molecule has 0 aliphatic carbocycles. The van der Waals surface area contributed by atoms with Crippen LogP contribution in [0.3, 0.4) is 0 Å². The van der Waals surface area contributed by atoms with Crippen molar-refractivity contribution < 1.29 is 17.4 Å². The maximum absolute atomic E-state index is 12.6. The van der Waals surface area contributed by atoms with E-state index in [1.807, 2.05) is 20.8 Å². The Hall–Kier alpha value is -0.880. The van der Waals surface area contributed by atoms with Gasteiger partial charge in [-0.25, -0.2) is 0 Å². The molecule has 0 fully saturated rings. The molecule has 0 aromatic heterocycles. The van der Waals surface area contributed by atoms with Crippen LogP contribution in [0.4, 0.5) is 13.2 Å². The van der Waals surface area contributed by atoms with Crippen molar-refractivity contribution in [3.63, 3.8) is 0 Å². The van der Waals surface area contributed by atoms with Crippen molar-refractivity contribution in [2.75, 3.05) is 5.75 Å². The summed E-state index contributed by atoms with van der Waals surface area (Å²) in [6.45, 7) is 5.71. The predicted octanol–water partition coefficient (Wildman–Crippen LogP) is 3.19. The highest BCUT2D eigenvalue weighted by molar-refractivity contribution is 7.85. The first-order valence-corrected chi connectivity index (χ1v) is 7.15. The number of nitrogens with two attached hydrogens (primary N) is 1. The van der Waals surface area contributed by atoms with Gasteiger partial charge in [0, 0.05) is 16.7 Å². The van der Waals surface area contributed by atoms with Gasteiger partial charge in [-0.3, -0.25) is 4.21 Å². The van der Waals surface area contributed by atoms with Crippen molar-refractivity contribution in [1.29, 1.82) is 0 Å². The predicted molar refractivity (Wildman–Crippen MR) is 70.1 cm³/mol. The van der Waals surface area contributed by atoms with Gasteiger partial charge in [-0.05, 0) is 23.6 Å². The average molecular weight is 293 g/mol. The summed E-state index contributed by atoms with van der Waals surface area (Å²) in [6, 6.07) is 4.23. The minimum Gasteiger partial charge on any atom is -0.326 e. The number of rotatable bonds is 3. The lowest BCUT2D eigenvalue weighted by molar-refractivity contribution is -0.137. The fourth-order valence-corrected chi connectivity index (χ4v) is 2.83. The monoisotopic (exact) mass is 293 g/mol. The molecule has 0 saturated heterocycles. The van der Waals surface area contributed by atoms with Gasteiger partial charge in [-0.1, -0.05) is 26.8 Å². The molecule has 2 atom stereocenters. The number of hydrogen-bond donors (Lipinski definition) is 1. The summed E-state index contributed by atoms with van der Waals surface area (Å²) in [6.07, 6.45) is -4.42. The van der Waals surface area contributed by atoms with E-state index in [1.54, 1.807) is 0 Å². The van der Waals surface area contributed by atoms with E-state index in [1.165, 1.54) is 12.1 Å². The van der Waals surface area contributed by atoms with Crippen LogP contribution in [0.15, 0.2) is 29.2 Å². The van der Waals surface area contributed by atoms with Crippen LogP contribution in [-0.4, -0.2) is 16.0 Å². The van der Waals surface area contributed by atoms with E-state index >= 15 is 0 Å². The molecule has 6 heteroatoms. The summed E-state index contributed by atoms with van der Waals surface area (Å²) in [4.78, 5) is 0.162. The normalized spacial score (nSPS) is 16.2. The molecule has 1 aromatic carbocycles. The third kappa shape index (κ3) is 4.62. The van der Waals surface area contributed by atoms with E-state index in [4.69, 9.17) is 5.73 Å². The van der Waals surface area contributed by atoms with Crippen molar-refractivity contribution in [1.82, 2.24) is 0 Å². The van der Waals surface area contributed by atoms with Crippen LogP contribution in [0.25, 0.3) is 0 Å². The van der Waals surface area contributed by atoms with Crippen molar-refractivity contribution in [3.8, 4) is 0 Å². The Kier molecular flexibility index (Phi) is 4.79. The van der Waals surface area contributed by atoms with Crippen molar-refractivity contribution in [2.45, 2.75) is 37.9 Å². The van der Waals surface area contributed by atoms with Crippen LogP contribution in [0.1, 0.15) is 26.3 Å². The molecule has 0 bridgehead atoms. The number of hydrogen-bond acceptors (Lipinski definition) is 2. The first-order chi connectivity index (χ1) is 8.51. The van der Waals surface area contributed by atoms with Gasteiger partial charge in [0.15, 0.2) is 0 Å². The largest absolute Gasteiger partial charge is 0.416 e. The van der Waals surface area contributed by atoms with Crippen molar-refractivity contribution in [2.24, 2.45) is 11.1 Å². The maximum atomic E-state index is 12.6. The molecule has 19 heavy (non-hydrogen) atoms. The zero-order chi connectivity index (χ0) is 14.8. The molecule has 2 unspecified atom stereocenters. The number of benzene rings is 1. The second-order valence-electron chi connectivity index (χ2n) is 5.51. The summed E-state index contributed by atoms with van der Waals surface area (Å²) >= 11 is 0. The topological polar surface area (TPSA) is 43.1 Å². The SMILES string of the molecule is CC(C)(C)C(N)CS(=O)c1cccc(C(F)(F)F)c1. The molecule has 0 aliphatic rings. The maximum Gasteiger partial charge on any atom is 0.416 e. The zero-order valence-electron chi connectivity index (χ0n) is 11.1. The molecule has 0 radical (unpaired) electrons. The minimum absolute atomic E-state index is 0.144. The lowest BCUT2D eigenvalue weighted by Gasteiger charge is -2.26. The Morgan fingerprint density at radius 3 is 2.32 bits per heavy atom. The van der Waals surface area contributed by atoms with E-state index in [2.05, 4.69) is 0 Å². The third-order valence-electron chi connectivity index (χ3n) is 2.87. The van der Waals surface area contributed by atoms with E-state index < -0.39 is 22.5 Å². The summed E-state index contributed by atoms with van der Waals surface area (Å²) in [5.74, 6) is 0.144. The van der Waals surface area contributed by atoms with Gasteiger partial charge in [0.2, 0.25) is 0 Å². The van der Waals surface area contributed by atoms with Crippen LogP contribution in [-0.2, 0) is 17.0 Å². The molecule has 0 saturated carbocycles. The Morgan fingerprint density at radius 2 is 1.84 bits per heavy atom. The molecule has 0 amide bonds. The minimum atomic E-state index is -4.42. The van der Waals surface area contributed by atoms with E-state index in [0.29, 0.717) is 0 Å². The molecular formula is C13H18F3NOS. The average Bonchev–Trinajstić information content (AvgIpc) is 2.26. The van der Waals surface area contributed by atoms with Crippen LogP contribution >= 0.6 is 0 Å². The Bertz CT molecular complexity index is 466. The highest BCUT2D eigenvalue weighted by atomic mass is 32.2. The van der Waals surface area contributed by atoms with Crippen molar-refractivity contribution in [3.05, 3.63) is 29.8 Å². The zero-order valence-corrected chi connectivity index (χ0v) is 11.9. The van der Waals surface area contributed by atoms with Gasteiger partial charge in [0.05, 0.1) is 16.4 Å². The fraction of sp³-hybridized carbons (Fsp3) is 0.538. The second-order valence-corrected chi connectivity index (χ2v) is 7.01. The summed E-state index contributed by atoms with van der Waals surface area (Å²) < 4.78 is 49.7. The highest BCUT2D eigenvalue weighted by Gasteiger charge is 2.31. The lowest BCUT2D eigenvalue weighted by atomic mass is 9.89. The van der Waals surface area contributed by atoms with Gasteiger partial charge in [-0.2, -0.15) is 13.2 Å². The molecule has 0 heterocycles. The molecular weight excluding hydrogens is 275 g/mol. The van der Waals surface area contributed by atoms with Gasteiger partial charge in [0.25, 0.3) is 0 Å². The van der Waals surface area contributed by atoms with Gasteiger partial charge < -0.3 is 5.73 Å². The molecule has 0 spiro atoms. The van der Waals surface area contributed by atoms with Gasteiger partial charge >= 0.3 is 6.18 Å². The molecule has 1 rings (SSSR count). The standard InChI is InChI=1S/C13H18F3NOS/c1-12(2,3)11(17)8-19(18)10-6-4-5-9(7-10)13(14,15)16/h4-7,11H,8,17H2,1-3H3. The third-order valence-corrected chi connectivity index (χ3v) is 4.31. The van der Waals surface area contributed by atoms with Crippen LogP contribution in [0.2, 0.25) is 0 Å². The first kappa shape index (κ1) is 16.2. The van der Waals surface area contributed by atoms with E-state index in [9.17, 15) is 17.4 Å². The van der Waals surface area contributed by atoms with Gasteiger partial charge in [-0.15, -0.1) is 0 Å². The Morgan fingerprint density at radius 1 is 1.26 bits per heavy atom. The van der Waals surface area contributed by atoms with Crippen LogP contribution < -0.4 is 5.73 Å². The van der Waals surface area contributed by atoms with Crippen molar-refractivity contribution >= 4 is 10.8 Å². The lowest BCUT2D eigenvalue weighted by Crippen LogP contribution is -2.39. The van der Waals surface area contributed by atoms with E-state index in [-0.39, 0.29) is 22.1 Å².